The number of halogens is 1. The van der Waals surface area contributed by atoms with E-state index in [0.29, 0.717) is 0 Å². The third-order valence-electron chi connectivity index (χ3n) is 3.33. The summed E-state index contributed by atoms with van der Waals surface area (Å²) in [7, 11) is -3.88. The summed E-state index contributed by atoms with van der Waals surface area (Å²) in [6.45, 7) is 1.96. The van der Waals surface area contributed by atoms with E-state index in [-0.39, 0.29) is 26.9 Å². The van der Waals surface area contributed by atoms with Gasteiger partial charge in [0.2, 0.25) is 10.0 Å². The Bertz CT molecular complexity index is 624. The molecule has 2 rings (SSSR count). The molecule has 1 amide bonds. The van der Waals surface area contributed by atoms with Crippen molar-refractivity contribution in [2.75, 3.05) is 0 Å². The van der Waals surface area contributed by atoms with Crippen molar-refractivity contribution in [2.45, 2.75) is 36.6 Å². The Labute approximate surface area is 117 Å². The van der Waals surface area contributed by atoms with Crippen molar-refractivity contribution in [2.24, 2.45) is 5.14 Å². The molecule has 0 unspecified atom stereocenters. The number of amides is 1. The number of sulfonamides is 1. The van der Waals surface area contributed by atoms with Crippen LogP contribution in [-0.4, -0.2) is 19.9 Å². The van der Waals surface area contributed by atoms with Gasteiger partial charge in [-0.25, -0.2) is 13.6 Å². The Balaban J connectivity index is 2.29. The fourth-order valence-corrected chi connectivity index (χ4v) is 2.92. The molecule has 1 aromatic carbocycles. The van der Waals surface area contributed by atoms with Crippen molar-refractivity contribution in [1.82, 2.24) is 5.32 Å². The first-order valence-electron chi connectivity index (χ1n) is 5.86. The molecule has 104 valence electrons. The van der Waals surface area contributed by atoms with Crippen LogP contribution in [0.4, 0.5) is 0 Å². The van der Waals surface area contributed by atoms with Crippen molar-refractivity contribution in [3.63, 3.8) is 0 Å². The summed E-state index contributed by atoms with van der Waals surface area (Å²) in [4.78, 5) is 11.9. The van der Waals surface area contributed by atoms with Gasteiger partial charge in [0.1, 0.15) is 0 Å². The zero-order valence-corrected chi connectivity index (χ0v) is 12.0. The highest BCUT2D eigenvalue weighted by Gasteiger charge is 2.33. The van der Waals surface area contributed by atoms with E-state index < -0.39 is 10.0 Å². The number of rotatable bonds is 3. The summed E-state index contributed by atoms with van der Waals surface area (Å²) in [5, 5.41) is 8.09. The number of primary sulfonamides is 1. The lowest BCUT2D eigenvalue weighted by atomic mass is 9.78. The van der Waals surface area contributed by atoms with Crippen LogP contribution in [0.3, 0.4) is 0 Å². The zero-order valence-electron chi connectivity index (χ0n) is 10.4. The minimum Gasteiger partial charge on any atom is -0.347 e. The minimum atomic E-state index is -3.88. The lowest BCUT2D eigenvalue weighted by Gasteiger charge is -2.39. The molecule has 1 aliphatic rings. The van der Waals surface area contributed by atoms with Gasteiger partial charge in [0.05, 0.1) is 4.90 Å². The highest BCUT2D eigenvalue weighted by Crippen LogP contribution is 2.31. The van der Waals surface area contributed by atoms with E-state index in [1.807, 2.05) is 6.92 Å². The van der Waals surface area contributed by atoms with Crippen LogP contribution in [0.15, 0.2) is 23.1 Å². The van der Waals surface area contributed by atoms with Gasteiger partial charge in [-0.2, -0.15) is 0 Å². The van der Waals surface area contributed by atoms with Crippen molar-refractivity contribution in [3.8, 4) is 0 Å². The molecule has 0 radical (unpaired) electrons. The smallest absolute Gasteiger partial charge is 0.251 e. The molecule has 0 aromatic heterocycles. The van der Waals surface area contributed by atoms with Gasteiger partial charge in [0.25, 0.3) is 5.91 Å². The van der Waals surface area contributed by atoms with E-state index in [0.717, 1.165) is 19.3 Å². The van der Waals surface area contributed by atoms with Crippen molar-refractivity contribution in [1.29, 1.82) is 0 Å². The molecule has 1 aliphatic carbocycles. The third-order valence-corrected chi connectivity index (χ3v) is 4.45. The molecule has 1 fully saturated rings. The number of carbonyl (C=O) groups is 1. The Morgan fingerprint density at radius 2 is 2.00 bits per heavy atom. The molecule has 19 heavy (non-hydrogen) atoms. The van der Waals surface area contributed by atoms with E-state index in [4.69, 9.17) is 16.7 Å². The summed E-state index contributed by atoms with van der Waals surface area (Å²) in [6.07, 6.45) is 2.91. The molecular weight excluding hydrogens is 288 g/mol. The van der Waals surface area contributed by atoms with Crippen molar-refractivity contribution >= 4 is 27.5 Å². The van der Waals surface area contributed by atoms with Gasteiger partial charge in [-0.15, -0.1) is 0 Å². The predicted octanol–water partition coefficient (Wildman–Crippen LogP) is 1.66. The van der Waals surface area contributed by atoms with Crippen LogP contribution >= 0.6 is 11.6 Å². The van der Waals surface area contributed by atoms with Gasteiger partial charge < -0.3 is 5.32 Å². The first-order valence-corrected chi connectivity index (χ1v) is 7.78. The van der Waals surface area contributed by atoms with Gasteiger partial charge in [0, 0.05) is 16.1 Å². The SMILES string of the molecule is CC1(NC(=O)c2cc(Cl)cc(S(N)(=O)=O)c2)CCC1. The Hall–Kier alpha value is -1.11. The van der Waals surface area contributed by atoms with E-state index in [1.54, 1.807) is 0 Å². The molecule has 7 heteroatoms. The van der Waals surface area contributed by atoms with Crippen molar-refractivity contribution in [3.05, 3.63) is 28.8 Å². The van der Waals surface area contributed by atoms with Crippen molar-refractivity contribution < 1.29 is 13.2 Å². The molecule has 0 aliphatic heterocycles. The number of nitrogens with two attached hydrogens (primary N) is 1. The molecule has 3 N–H and O–H groups in total. The lowest BCUT2D eigenvalue weighted by Crippen LogP contribution is -2.50. The first kappa shape index (κ1) is 14.3. The number of benzene rings is 1. The molecule has 5 nitrogen and oxygen atoms in total. The number of hydrogen-bond acceptors (Lipinski definition) is 3. The van der Waals surface area contributed by atoms with Crippen LogP contribution in [0.1, 0.15) is 36.5 Å². The maximum atomic E-state index is 12.1. The van der Waals surface area contributed by atoms with E-state index >= 15 is 0 Å². The highest BCUT2D eigenvalue weighted by atomic mass is 35.5. The first-order chi connectivity index (χ1) is 8.70. The van der Waals surface area contributed by atoms with Gasteiger partial charge in [-0.3, -0.25) is 4.79 Å². The van der Waals surface area contributed by atoms with E-state index in [9.17, 15) is 13.2 Å². The van der Waals surface area contributed by atoms with Crippen LogP contribution in [0.25, 0.3) is 0 Å². The maximum Gasteiger partial charge on any atom is 0.251 e. The molecular formula is C12H15ClN2O3S. The largest absolute Gasteiger partial charge is 0.347 e. The topological polar surface area (TPSA) is 89.3 Å². The van der Waals surface area contributed by atoms with Gasteiger partial charge >= 0.3 is 0 Å². The summed E-state index contributed by atoms with van der Waals surface area (Å²) in [6, 6.07) is 3.88. The van der Waals surface area contributed by atoms with Crippen LogP contribution < -0.4 is 10.5 Å². The average molecular weight is 303 g/mol. The second-order valence-corrected chi connectivity index (χ2v) is 7.09. The van der Waals surface area contributed by atoms with Crippen LogP contribution in [-0.2, 0) is 10.0 Å². The highest BCUT2D eigenvalue weighted by molar-refractivity contribution is 7.89. The molecule has 0 spiro atoms. The van der Waals surface area contributed by atoms with Crippen LogP contribution in [0.2, 0.25) is 5.02 Å². The molecule has 0 atom stereocenters. The lowest BCUT2D eigenvalue weighted by molar-refractivity contribution is 0.0850. The Morgan fingerprint density at radius 1 is 1.37 bits per heavy atom. The Morgan fingerprint density at radius 3 is 2.47 bits per heavy atom. The molecule has 0 bridgehead atoms. The molecule has 1 saturated carbocycles. The molecule has 0 heterocycles. The minimum absolute atomic E-state index is 0.162. The summed E-state index contributed by atoms with van der Waals surface area (Å²) in [5.74, 6) is -0.338. The van der Waals surface area contributed by atoms with Crippen LogP contribution in [0, 0.1) is 0 Å². The average Bonchev–Trinajstić information content (AvgIpc) is 2.24. The molecule has 0 saturated heterocycles. The van der Waals surface area contributed by atoms with E-state index in [2.05, 4.69) is 5.32 Å². The normalized spacial score (nSPS) is 17.6. The van der Waals surface area contributed by atoms with Gasteiger partial charge in [-0.1, -0.05) is 11.6 Å². The maximum absolute atomic E-state index is 12.1. The fraction of sp³-hybridized carbons (Fsp3) is 0.417. The fourth-order valence-electron chi connectivity index (χ4n) is 2.04. The zero-order chi connectivity index (χ0) is 14.3. The standard InChI is InChI=1S/C12H15ClN2O3S/c1-12(3-2-4-12)15-11(16)8-5-9(13)7-10(6-8)19(14,17)18/h5-7H,2-4H2,1H3,(H,15,16)(H2,14,17,18). The quantitative estimate of drug-likeness (QED) is 0.890. The monoisotopic (exact) mass is 302 g/mol. The van der Waals surface area contributed by atoms with Crippen LogP contribution in [0.5, 0.6) is 0 Å². The Kier molecular flexibility index (Phi) is 3.59. The summed E-state index contributed by atoms with van der Waals surface area (Å²) >= 11 is 5.82. The third kappa shape index (κ3) is 3.26. The second kappa shape index (κ2) is 4.77. The number of carbonyl (C=O) groups excluding carboxylic acids is 1. The summed E-state index contributed by atoms with van der Waals surface area (Å²) in [5.41, 5.74) is -0.00844. The van der Waals surface area contributed by atoms with Gasteiger partial charge in [-0.05, 0) is 44.4 Å². The van der Waals surface area contributed by atoms with Gasteiger partial charge in [0.15, 0.2) is 0 Å². The predicted molar refractivity (Wildman–Crippen MR) is 72.5 cm³/mol. The van der Waals surface area contributed by atoms with E-state index in [1.165, 1.54) is 18.2 Å². The number of hydrogen-bond donors (Lipinski definition) is 2. The summed E-state index contributed by atoms with van der Waals surface area (Å²) < 4.78 is 22.6. The molecule has 1 aromatic rings. The number of nitrogens with one attached hydrogen (secondary N) is 1. The second-order valence-electron chi connectivity index (χ2n) is 5.09.